The predicted octanol–water partition coefficient (Wildman–Crippen LogP) is 2.21. The van der Waals surface area contributed by atoms with Crippen LogP contribution in [-0.4, -0.2) is 30.2 Å². The number of hydrogen-bond acceptors (Lipinski definition) is 3. The molecule has 106 valence electrons. The Morgan fingerprint density at radius 2 is 1.83 bits per heavy atom. The van der Waals surface area contributed by atoms with Gasteiger partial charge in [0, 0.05) is 6.54 Å². The third kappa shape index (κ3) is 8.84. The quantitative estimate of drug-likeness (QED) is 0.718. The SMILES string of the molecule is CCCCCNC(=O)C(C)NC(=O)OC(C)(C)C. The Morgan fingerprint density at radius 1 is 1.22 bits per heavy atom. The van der Waals surface area contributed by atoms with Crippen molar-refractivity contribution in [2.75, 3.05) is 6.54 Å². The van der Waals surface area contributed by atoms with Crippen molar-refractivity contribution in [2.45, 2.75) is 65.5 Å². The molecular formula is C13H26N2O3. The molecule has 0 aliphatic heterocycles. The summed E-state index contributed by atoms with van der Waals surface area (Å²) in [5.74, 6) is -0.183. The number of unbranched alkanes of at least 4 members (excludes halogenated alkanes) is 2. The van der Waals surface area contributed by atoms with Crippen molar-refractivity contribution in [3.8, 4) is 0 Å². The van der Waals surface area contributed by atoms with Crippen molar-refractivity contribution in [3.05, 3.63) is 0 Å². The van der Waals surface area contributed by atoms with Crippen LogP contribution in [0.2, 0.25) is 0 Å². The van der Waals surface area contributed by atoms with Crippen molar-refractivity contribution < 1.29 is 14.3 Å². The number of carbonyl (C=O) groups is 2. The van der Waals surface area contributed by atoms with Gasteiger partial charge in [-0.25, -0.2) is 4.79 Å². The standard InChI is InChI=1S/C13H26N2O3/c1-6-7-8-9-14-11(16)10(2)15-12(17)18-13(3,4)5/h10H,6-9H2,1-5H3,(H,14,16)(H,15,17). The van der Waals surface area contributed by atoms with Gasteiger partial charge in [0.25, 0.3) is 0 Å². The molecule has 18 heavy (non-hydrogen) atoms. The van der Waals surface area contributed by atoms with E-state index in [-0.39, 0.29) is 5.91 Å². The minimum absolute atomic E-state index is 0.183. The number of nitrogens with one attached hydrogen (secondary N) is 2. The number of rotatable bonds is 6. The van der Waals surface area contributed by atoms with E-state index in [4.69, 9.17) is 4.74 Å². The third-order valence-electron chi connectivity index (χ3n) is 2.21. The number of amides is 2. The van der Waals surface area contributed by atoms with E-state index in [2.05, 4.69) is 17.6 Å². The van der Waals surface area contributed by atoms with Crippen LogP contribution in [0.25, 0.3) is 0 Å². The van der Waals surface area contributed by atoms with Gasteiger partial charge in [-0.05, 0) is 34.1 Å². The molecule has 0 saturated carbocycles. The fraction of sp³-hybridized carbons (Fsp3) is 0.846. The van der Waals surface area contributed by atoms with Crippen LogP contribution in [-0.2, 0) is 9.53 Å². The maximum absolute atomic E-state index is 11.6. The monoisotopic (exact) mass is 258 g/mol. The lowest BCUT2D eigenvalue weighted by molar-refractivity contribution is -0.122. The van der Waals surface area contributed by atoms with Crippen molar-refractivity contribution in [1.82, 2.24) is 10.6 Å². The second kappa shape index (κ2) is 7.95. The van der Waals surface area contributed by atoms with Gasteiger partial charge >= 0.3 is 6.09 Å². The lowest BCUT2D eigenvalue weighted by Gasteiger charge is -2.21. The summed E-state index contributed by atoms with van der Waals surface area (Å²) in [6, 6.07) is -0.582. The molecule has 0 fully saturated rings. The molecule has 0 saturated heterocycles. The third-order valence-corrected chi connectivity index (χ3v) is 2.21. The summed E-state index contributed by atoms with van der Waals surface area (Å²) in [5.41, 5.74) is -0.554. The fourth-order valence-corrected chi connectivity index (χ4v) is 1.29. The highest BCUT2D eigenvalue weighted by molar-refractivity contribution is 5.85. The van der Waals surface area contributed by atoms with E-state index in [1.165, 1.54) is 0 Å². The first-order valence-corrected chi connectivity index (χ1v) is 6.53. The molecule has 0 bridgehead atoms. The van der Waals surface area contributed by atoms with Gasteiger partial charge in [-0.15, -0.1) is 0 Å². The first-order valence-electron chi connectivity index (χ1n) is 6.53. The van der Waals surface area contributed by atoms with Crippen molar-refractivity contribution >= 4 is 12.0 Å². The zero-order valence-corrected chi connectivity index (χ0v) is 12.1. The second-order valence-electron chi connectivity index (χ2n) is 5.37. The van der Waals surface area contributed by atoms with Gasteiger partial charge < -0.3 is 15.4 Å². The Kier molecular flexibility index (Phi) is 7.39. The molecule has 0 rings (SSSR count). The van der Waals surface area contributed by atoms with Crippen LogP contribution in [0.5, 0.6) is 0 Å². The highest BCUT2D eigenvalue weighted by Crippen LogP contribution is 2.06. The highest BCUT2D eigenvalue weighted by Gasteiger charge is 2.20. The summed E-state index contributed by atoms with van der Waals surface area (Å²) in [4.78, 5) is 23.1. The molecule has 5 nitrogen and oxygen atoms in total. The molecular weight excluding hydrogens is 232 g/mol. The highest BCUT2D eigenvalue weighted by atomic mass is 16.6. The molecule has 2 amide bonds. The van der Waals surface area contributed by atoms with Crippen LogP contribution in [0.3, 0.4) is 0 Å². The van der Waals surface area contributed by atoms with Gasteiger partial charge in [0.15, 0.2) is 0 Å². The van der Waals surface area contributed by atoms with E-state index in [1.807, 2.05) is 0 Å². The molecule has 5 heteroatoms. The molecule has 0 aromatic rings. The lowest BCUT2D eigenvalue weighted by Crippen LogP contribution is -2.46. The zero-order chi connectivity index (χ0) is 14.2. The first-order chi connectivity index (χ1) is 8.26. The van der Waals surface area contributed by atoms with Crippen LogP contribution < -0.4 is 10.6 Å². The molecule has 0 aliphatic rings. The van der Waals surface area contributed by atoms with Crippen molar-refractivity contribution in [1.29, 1.82) is 0 Å². The minimum atomic E-state index is -0.582. The molecule has 0 spiro atoms. The number of ether oxygens (including phenoxy) is 1. The van der Waals surface area contributed by atoms with E-state index in [0.29, 0.717) is 6.54 Å². The average molecular weight is 258 g/mol. The fourth-order valence-electron chi connectivity index (χ4n) is 1.29. The summed E-state index contributed by atoms with van der Waals surface area (Å²) in [7, 11) is 0. The largest absolute Gasteiger partial charge is 0.444 e. The maximum Gasteiger partial charge on any atom is 0.408 e. The first kappa shape index (κ1) is 16.7. The summed E-state index contributed by atoms with van der Waals surface area (Å²) < 4.78 is 5.07. The molecule has 1 unspecified atom stereocenters. The molecule has 0 heterocycles. The van der Waals surface area contributed by atoms with Crippen LogP contribution in [0.15, 0.2) is 0 Å². The van der Waals surface area contributed by atoms with E-state index >= 15 is 0 Å². The second-order valence-corrected chi connectivity index (χ2v) is 5.37. The topological polar surface area (TPSA) is 67.4 Å². The van der Waals surface area contributed by atoms with Crippen LogP contribution in [0, 0.1) is 0 Å². The van der Waals surface area contributed by atoms with E-state index in [9.17, 15) is 9.59 Å². The van der Waals surface area contributed by atoms with Gasteiger partial charge in [-0.3, -0.25) is 4.79 Å². The molecule has 2 N–H and O–H groups in total. The summed E-state index contributed by atoms with van der Waals surface area (Å²) in [6.07, 6.45) is 2.59. The lowest BCUT2D eigenvalue weighted by atomic mass is 10.2. The smallest absolute Gasteiger partial charge is 0.408 e. The van der Waals surface area contributed by atoms with E-state index in [0.717, 1.165) is 19.3 Å². The van der Waals surface area contributed by atoms with Gasteiger partial charge in [-0.1, -0.05) is 19.8 Å². The number of carbonyl (C=O) groups excluding carboxylic acids is 2. The Hall–Kier alpha value is -1.26. The summed E-state index contributed by atoms with van der Waals surface area (Å²) >= 11 is 0. The van der Waals surface area contributed by atoms with E-state index in [1.54, 1.807) is 27.7 Å². The van der Waals surface area contributed by atoms with Gasteiger partial charge in [0.1, 0.15) is 11.6 Å². The normalized spacial score (nSPS) is 12.7. The zero-order valence-electron chi connectivity index (χ0n) is 12.1. The Balaban J connectivity index is 3.90. The van der Waals surface area contributed by atoms with Gasteiger partial charge in [0.2, 0.25) is 5.91 Å². The molecule has 0 radical (unpaired) electrons. The van der Waals surface area contributed by atoms with Crippen molar-refractivity contribution in [2.24, 2.45) is 0 Å². The average Bonchev–Trinajstić information content (AvgIpc) is 2.21. The molecule has 0 aliphatic carbocycles. The predicted molar refractivity (Wildman–Crippen MR) is 71.4 cm³/mol. The van der Waals surface area contributed by atoms with Gasteiger partial charge in [0.05, 0.1) is 0 Å². The van der Waals surface area contributed by atoms with Gasteiger partial charge in [-0.2, -0.15) is 0 Å². The molecule has 0 aromatic carbocycles. The Bertz CT molecular complexity index is 272. The van der Waals surface area contributed by atoms with E-state index < -0.39 is 17.7 Å². The molecule has 0 aromatic heterocycles. The van der Waals surface area contributed by atoms with Crippen molar-refractivity contribution in [3.63, 3.8) is 0 Å². The number of hydrogen-bond donors (Lipinski definition) is 2. The maximum atomic E-state index is 11.6. The molecule has 1 atom stereocenters. The summed E-state index contributed by atoms with van der Waals surface area (Å²) in [5, 5.41) is 5.28. The van der Waals surface area contributed by atoms with Crippen LogP contribution in [0.1, 0.15) is 53.9 Å². The Morgan fingerprint density at radius 3 is 2.33 bits per heavy atom. The number of alkyl carbamates (subject to hydrolysis) is 1. The Labute approximate surface area is 110 Å². The summed E-state index contributed by atoms with van der Waals surface area (Å²) in [6.45, 7) is 9.73. The minimum Gasteiger partial charge on any atom is -0.444 e. The van der Waals surface area contributed by atoms with Crippen LogP contribution >= 0.6 is 0 Å². The van der Waals surface area contributed by atoms with Crippen LogP contribution in [0.4, 0.5) is 4.79 Å².